The number of nitrogens with one attached hydrogen (secondary N) is 1. The van der Waals surface area contributed by atoms with Gasteiger partial charge in [0.1, 0.15) is 5.25 Å². The van der Waals surface area contributed by atoms with Crippen LogP contribution >= 0.6 is 0 Å². The molecule has 5 nitrogen and oxygen atoms in total. The zero-order chi connectivity index (χ0) is 13.8. The molecule has 0 bridgehead atoms. The molecule has 1 aliphatic rings. The Morgan fingerprint density at radius 3 is 2.61 bits per heavy atom. The van der Waals surface area contributed by atoms with Crippen LogP contribution in [0.5, 0.6) is 0 Å². The number of carbonyl (C=O) groups excluding carboxylic acids is 1. The lowest BCUT2D eigenvalue weighted by molar-refractivity contribution is -0.131. The normalized spacial score (nSPS) is 22.5. The number of rotatable bonds is 5. The van der Waals surface area contributed by atoms with Crippen LogP contribution in [0.15, 0.2) is 0 Å². The lowest BCUT2D eigenvalue weighted by Gasteiger charge is -2.30. The lowest BCUT2D eigenvalue weighted by Crippen LogP contribution is -2.45. The molecule has 0 aromatic heterocycles. The van der Waals surface area contributed by atoms with Gasteiger partial charge in [-0.2, -0.15) is 0 Å². The Balaban J connectivity index is 2.62. The zero-order valence-electron chi connectivity index (χ0n) is 11.5. The van der Waals surface area contributed by atoms with E-state index in [0.29, 0.717) is 19.0 Å². The van der Waals surface area contributed by atoms with Gasteiger partial charge in [0, 0.05) is 19.3 Å². The molecule has 1 aliphatic heterocycles. The molecule has 0 aromatic rings. The van der Waals surface area contributed by atoms with E-state index >= 15 is 0 Å². The summed E-state index contributed by atoms with van der Waals surface area (Å²) < 4.78 is 22.9. The molecule has 18 heavy (non-hydrogen) atoms. The molecule has 106 valence electrons. The topological polar surface area (TPSA) is 66.5 Å². The molecule has 0 aliphatic carbocycles. The average molecular weight is 276 g/mol. The molecule has 0 saturated carbocycles. The predicted octanol–water partition coefficient (Wildman–Crippen LogP) is 0.268. The standard InChI is InChI=1S/C12H24N2O3S/c1-4-14(9-11-6-5-7-13-8-11)12(15)10(2)18(3,16)17/h10-11,13H,4-9H2,1-3H3. The van der Waals surface area contributed by atoms with E-state index < -0.39 is 15.1 Å². The molecule has 2 atom stereocenters. The number of nitrogens with zero attached hydrogens (tertiary/aromatic N) is 1. The SMILES string of the molecule is CCN(CC1CCCNC1)C(=O)C(C)S(C)(=O)=O. The molecular weight excluding hydrogens is 252 g/mol. The Hall–Kier alpha value is -0.620. The van der Waals surface area contributed by atoms with Gasteiger partial charge in [0.05, 0.1) is 0 Å². The maximum absolute atomic E-state index is 12.1. The third kappa shape index (κ3) is 4.24. The van der Waals surface area contributed by atoms with E-state index in [4.69, 9.17) is 0 Å². The van der Waals surface area contributed by atoms with Crippen LogP contribution in [-0.2, 0) is 14.6 Å². The number of amides is 1. The molecule has 1 rings (SSSR count). The fraction of sp³-hybridized carbons (Fsp3) is 0.917. The van der Waals surface area contributed by atoms with Crippen LogP contribution in [0.25, 0.3) is 0 Å². The van der Waals surface area contributed by atoms with Crippen molar-refractivity contribution in [2.24, 2.45) is 5.92 Å². The molecule has 1 amide bonds. The molecule has 0 aromatic carbocycles. The highest BCUT2D eigenvalue weighted by atomic mass is 32.2. The van der Waals surface area contributed by atoms with Crippen LogP contribution in [0.4, 0.5) is 0 Å². The first-order valence-corrected chi connectivity index (χ1v) is 8.50. The summed E-state index contributed by atoms with van der Waals surface area (Å²) in [5, 5.41) is 2.37. The van der Waals surface area contributed by atoms with Gasteiger partial charge in [-0.3, -0.25) is 4.79 Å². The van der Waals surface area contributed by atoms with Crippen molar-refractivity contribution in [2.45, 2.75) is 31.9 Å². The highest BCUT2D eigenvalue weighted by Crippen LogP contribution is 2.13. The van der Waals surface area contributed by atoms with Gasteiger partial charge in [-0.25, -0.2) is 8.42 Å². The van der Waals surface area contributed by atoms with Crippen LogP contribution in [-0.4, -0.2) is 56.9 Å². The highest BCUT2D eigenvalue weighted by molar-refractivity contribution is 7.92. The summed E-state index contributed by atoms with van der Waals surface area (Å²) in [4.78, 5) is 13.8. The van der Waals surface area contributed by atoms with Gasteiger partial charge in [0.15, 0.2) is 9.84 Å². The van der Waals surface area contributed by atoms with Gasteiger partial charge >= 0.3 is 0 Å². The van der Waals surface area contributed by atoms with Gasteiger partial charge < -0.3 is 10.2 Å². The van der Waals surface area contributed by atoms with Crippen molar-refractivity contribution in [1.29, 1.82) is 0 Å². The van der Waals surface area contributed by atoms with Crippen molar-refractivity contribution in [3.8, 4) is 0 Å². The summed E-state index contributed by atoms with van der Waals surface area (Å²) in [6, 6.07) is 0. The first-order chi connectivity index (χ1) is 8.36. The van der Waals surface area contributed by atoms with E-state index in [9.17, 15) is 13.2 Å². The molecule has 0 spiro atoms. The van der Waals surface area contributed by atoms with E-state index in [0.717, 1.165) is 32.2 Å². The predicted molar refractivity (Wildman–Crippen MR) is 72.2 cm³/mol. The third-order valence-corrected chi connectivity index (χ3v) is 5.05. The first-order valence-electron chi connectivity index (χ1n) is 6.54. The fourth-order valence-corrected chi connectivity index (χ4v) is 2.72. The summed E-state index contributed by atoms with van der Waals surface area (Å²) in [5.41, 5.74) is 0. The maximum atomic E-state index is 12.1. The van der Waals surface area contributed by atoms with Crippen LogP contribution < -0.4 is 5.32 Å². The van der Waals surface area contributed by atoms with E-state index in [-0.39, 0.29) is 5.91 Å². The summed E-state index contributed by atoms with van der Waals surface area (Å²) in [6.07, 6.45) is 3.34. The van der Waals surface area contributed by atoms with Crippen LogP contribution in [0.3, 0.4) is 0 Å². The Morgan fingerprint density at radius 1 is 1.50 bits per heavy atom. The van der Waals surface area contributed by atoms with E-state index in [1.54, 1.807) is 4.90 Å². The largest absolute Gasteiger partial charge is 0.342 e. The lowest BCUT2D eigenvalue weighted by atomic mass is 9.99. The minimum Gasteiger partial charge on any atom is -0.342 e. The van der Waals surface area contributed by atoms with Gasteiger partial charge in [0.25, 0.3) is 0 Å². The Morgan fingerprint density at radius 2 is 2.17 bits per heavy atom. The first kappa shape index (κ1) is 15.4. The number of piperidine rings is 1. The maximum Gasteiger partial charge on any atom is 0.240 e. The van der Waals surface area contributed by atoms with Gasteiger partial charge in [-0.1, -0.05) is 0 Å². The molecule has 1 heterocycles. The Bertz CT molecular complexity index is 375. The van der Waals surface area contributed by atoms with Gasteiger partial charge in [-0.05, 0) is 45.7 Å². The number of hydrogen-bond donors (Lipinski definition) is 1. The minimum atomic E-state index is -3.30. The van der Waals surface area contributed by atoms with Crippen molar-refractivity contribution in [1.82, 2.24) is 10.2 Å². The van der Waals surface area contributed by atoms with Crippen molar-refractivity contribution < 1.29 is 13.2 Å². The van der Waals surface area contributed by atoms with Crippen LogP contribution in [0.2, 0.25) is 0 Å². The second-order valence-electron chi connectivity index (χ2n) is 5.06. The summed E-state index contributed by atoms with van der Waals surface area (Å²) >= 11 is 0. The molecule has 0 radical (unpaired) electrons. The van der Waals surface area contributed by atoms with Crippen molar-refractivity contribution in [3.63, 3.8) is 0 Å². The van der Waals surface area contributed by atoms with Gasteiger partial charge in [-0.15, -0.1) is 0 Å². The molecule has 1 N–H and O–H groups in total. The summed E-state index contributed by atoms with van der Waals surface area (Å²) in [5.74, 6) is 0.167. The number of carbonyl (C=O) groups is 1. The molecule has 1 fully saturated rings. The number of hydrogen-bond acceptors (Lipinski definition) is 4. The summed E-state index contributed by atoms with van der Waals surface area (Å²) in [7, 11) is -3.30. The quantitative estimate of drug-likeness (QED) is 0.782. The Labute approximate surface area is 110 Å². The average Bonchev–Trinajstić information content (AvgIpc) is 2.34. The fourth-order valence-electron chi connectivity index (χ4n) is 2.21. The number of sulfone groups is 1. The van der Waals surface area contributed by atoms with E-state index in [2.05, 4.69) is 5.32 Å². The van der Waals surface area contributed by atoms with E-state index in [1.165, 1.54) is 6.92 Å². The zero-order valence-corrected chi connectivity index (χ0v) is 12.3. The van der Waals surface area contributed by atoms with Crippen molar-refractivity contribution in [2.75, 3.05) is 32.4 Å². The molecular formula is C12H24N2O3S. The molecule has 6 heteroatoms. The smallest absolute Gasteiger partial charge is 0.240 e. The van der Waals surface area contributed by atoms with Crippen LogP contribution in [0, 0.1) is 5.92 Å². The van der Waals surface area contributed by atoms with Crippen molar-refractivity contribution in [3.05, 3.63) is 0 Å². The minimum absolute atomic E-state index is 0.273. The van der Waals surface area contributed by atoms with Gasteiger partial charge in [0.2, 0.25) is 5.91 Å². The second kappa shape index (κ2) is 6.52. The van der Waals surface area contributed by atoms with E-state index in [1.807, 2.05) is 6.92 Å². The van der Waals surface area contributed by atoms with Crippen LogP contribution in [0.1, 0.15) is 26.7 Å². The van der Waals surface area contributed by atoms with Crippen molar-refractivity contribution >= 4 is 15.7 Å². The summed E-state index contributed by atoms with van der Waals surface area (Å²) in [6.45, 7) is 6.54. The third-order valence-electron chi connectivity index (χ3n) is 3.56. The second-order valence-corrected chi connectivity index (χ2v) is 7.43. The highest BCUT2D eigenvalue weighted by Gasteiger charge is 2.29. The molecule has 2 unspecified atom stereocenters. The Kier molecular flexibility index (Phi) is 5.59. The monoisotopic (exact) mass is 276 g/mol. The molecule has 1 saturated heterocycles.